The number of aryl methyl sites for hydroxylation is 3. The molecule has 1 aliphatic carbocycles. The van der Waals surface area contributed by atoms with Gasteiger partial charge in [0.1, 0.15) is 5.82 Å². The van der Waals surface area contributed by atoms with E-state index in [9.17, 15) is 4.79 Å². The maximum Gasteiger partial charge on any atom is 0.230 e. The largest absolute Gasteiger partial charge is 0.274 e. The molecule has 0 spiro atoms. The van der Waals surface area contributed by atoms with Gasteiger partial charge in [-0.15, -0.1) is 16.4 Å². The molecule has 0 unspecified atom stereocenters. The third kappa shape index (κ3) is 5.53. The number of rotatable bonds is 8. The molecule has 0 bridgehead atoms. The van der Waals surface area contributed by atoms with E-state index < -0.39 is 0 Å². The van der Waals surface area contributed by atoms with E-state index in [-0.39, 0.29) is 5.91 Å². The van der Waals surface area contributed by atoms with Gasteiger partial charge in [-0.1, -0.05) is 55.1 Å². The summed E-state index contributed by atoms with van der Waals surface area (Å²) in [5, 5.41) is 11.3. The second kappa shape index (κ2) is 10.4. The normalized spacial score (nSPS) is 14.2. The highest BCUT2D eigenvalue weighted by Crippen LogP contribution is 2.38. The van der Waals surface area contributed by atoms with Gasteiger partial charge in [0.05, 0.1) is 16.4 Å². The highest BCUT2D eigenvalue weighted by atomic mass is 35.5. The minimum atomic E-state index is -0.117. The average Bonchev–Trinajstić information content (AvgIpc) is 3.49. The second-order valence-electron chi connectivity index (χ2n) is 8.43. The highest BCUT2D eigenvalue weighted by molar-refractivity contribution is 7.98. The molecule has 2 heterocycles. The Morgan fingerprint density at radius 3 is 2.78 bits per heavy atom. The minimum Gasteiger partial charge on any atom is -0.274 e. The van der Waals surface area contributed by atoms with Gasteiger partial charge in [0.2, 0.25) is 11.1 Å². The summed E-state index contributed by atoms with van der Waals surface area (Å²) in [5.74, 6) is 2.33. The van der Waals surface area contributed by atoms with E-state index in [0.717, 1.165) is 40.1 Å². The molecule has 0 radical (unpaired) electrons. The summed E-state index contributed by atoms with van der Waals surface area (Å²) in [6.45, 7) is 5.48. The molecule has 4 rings (SSSR count). The summed E-state index contributed by atoms with van der Waals surface area (Å²) in [6, 6.07) is 3.90. The third-order valence-electron chi connectivity index (χ3n) is 5.79. The number of carbonyl (C=O) groups excluding carboxylic acids is 1. The lowest BCUT2D eigenvalue weighted by Gasteiger charge is -2.22. The molecule has 2 aromatic heterocycles. The van der Waals surface area contributed by atoms with Crippen molar-refractivity contribution in [3.8, 4) is 0 Å². The van der Waals surface area contributed by atoms with Crippen molar-refractivity contribution >= 4 is 51.4 Å². The van der Waals surface area contributed by atoms with Gasteiger partial charge in [0, 0.05) is 24.5 Å². The first-order valence-corrected chi connectivity index (χ1v) is 13.2. The SMILES string of the molecule is CC(=O)N(c1nc(CSc2n[nH]c(CCC3CCCC3)n2)cs1)c1c(C)cc(C)cc1Cl. The lowest BCUT2D eigenvalue weighted by molar-refractivity contribution is -0.115. The van der Waals surface area contributed by atoms with Crippen LogP contribution in [0.3, 0.4) is 0 Å². The Labute approximate surface area is 202 Å². The van der Waals surface area contributed by atoms with E-state index in [0.29, 0.717) is 21.6 Å². The number of nitrogens with one attached hydrogen (secondary N) is 1. The van der Waals surface area contributed by atoms with Gasteiger partial charge in [-0.2, -0.15) is 0 Å². The van der Waals surface area contributed by atoms with Crippen molar-refractivity contribution in [2.24, 2.45) is 5.92 Å². The van der Waals surface area contributed by atoms with Gasteiger partial charge in [0.15, 0.2) is 5.13 Å². The van der Waals surface area contributed by atoms with Crippen molar-refractivity contribution in [2.75, 3.05) is 4.90 Å². The van der Waals surface area contributed by atoms with Crippen LogP contribution in [-0.2, 0) is 17.0 Å². The molecule has 1 amide bonds. The van der Waals surface area contributed by atoms with Crippen LogP contribution in [0.5, 0.6) is 0 Å². The maximum atomic E-state index is 12.5. The van der Waals surface area contributed by atoms with E-state index >= 15 is 0 Å². The van der Waals surface area contributed by atoms with Gasteiger partial charge in [0.25, 0.3) is 0 Å². The number of nitrogens with zero attached hydrogens (tertiary/aromatic N) is 4. The third-order valence-corrected chi connectivity index (χ3v) is 7.84. The van der Waals surface area contributed by atoms with Crippen molar-refractivity contribution in [1.82, 2.24) is 20.2 Å². The zero-order valence-electron chi connectivity index (χ0n) is 18.7. The maximum absolute atomic E-state index is 12.5. The van der Waals surface area contributed by atoms with Crippen LogP contribution in [0.25, 0.3) is 0 Å². The fourth-order valence-electron chi connectivity index (χ4n) is 4.28. The van der Waals surface area contributed by atoms with E-state index in [4.69, 9.17) is 16.6 Å². The van der Waals surface area contributed by atoms with Gasteiger partial charge < -0.3 is 0 Å². The Balaban J connectivity index is 1.40. The van der Waals surface area contributed by atoms with Crippen molar-refractivity contribution in [3.63, 3.8) is 0 Å². The molecule has 6 nitrogen and oxygen atoms in total. The van der Waals surface area contributed by atoms with Crippen LogP contribution < -0.4 is 4.90 Å². The topological polar surface area (TPSA) is 74.8 Å². The number of hydrogen-bond acceptors (Lipinski definition) is 6. The zero-order chi connectivity index (χ0) is 22.7. The van der Waals surface area contributed by atoms with E-state index in [1.807, 2.05) is 31.4 Å². The Morgan fingerprint density at radius 1 is 1.28 bits per heavy atom. The fourth-order valence-corrected chi connectivity index (χ4v) is 6.37. The second-order valence-corrected chi connectivity index (χ2v) is 10.6. The van der Waals surface area contributed by atoms with Crippen LogP contribution in [0.2, 0.25) is 5.02 Å². The molecule has 0 saturated heterocycles. The van der Waals surface area contributed by atoms with Gasteiger partial charge in [-0.25, -0.2) is 9.97 Å². The first kappa shape index (κ1) is 23.3. The zero-order valence-corrected chi connectivity index (χ0v) is 21.0. The Hall–Kier alpha value is -1.90. The summed E-state index contributed by atoms with van der Waals surface area (Å²) < 4.78 is 0. The van der Waals surface area contributed by atoms with Crippen molar-refractivity contribution in [2.45, 2.75) is 70.2 Å². The lowest BCUT2D eigenvalue weighted by Crippen LogP contribution is -2.24. The van der Waals surface area contributed by atoms with Crippen molar-refractivity contribution in [1.29, 1.82) is 0 Å². The molecular weight excluding hydrogens is 462 g/mol. The number of H-pyrrole nitrogens is 1. The van der Waals surface area contributed by atoms with E-state index in [2.05, 4.69) is 15.2 Å². The van der Waals surface area contributed by atoms with E-state index in [1.165, 1.54) is 50.4 Å². The van der Waals surface area contributed by atoms with Gasteiger partial charge in [-0.05, 0) is 43.4 Å². The number of aromatic amines is 1. The Bertz CT molecular complexity index is 1070. The molecule has 1 saturated carbocycles. The van der Waals surface area contributed by atoms with Gasteiger partial charge >= 0.3 is 0 Å². The molecule has 0 atom stereocenters. The number of hydrogen-bond donors (Lipinski definition) is 1. The highest BCUT2D eigenvalue weighted by Gasteiger charge is 2.23. The fraction of sp³-hybridized carbons (Fsp3) is 0.478. The Kier molecular flexibility index (Phi) is 7.53. The standard InChI is InChI=1S/C23H28ClN5OS2/c1-14-10-15(2)21(19(24)11-14)29(16(3)30)23-25-18(13-32-23)12-31-22-26-20(27-28-22)9-8-17-6-4-5-7-17/h10-11,13,17H,4-9,12H2,1-3H3,(H,26,27,28). The predicted octanol–water partition coefficient (Wildman–Crippen LogP) is 6.63. The quantitative estimate of drug-likeness (QED) is 0.359. The van der Waals surface area contributed by atoms with Crippen LogP contribution >= 0.6 is 34.7 Å². The van der Waals surface area contributed by atoms with Crippen LogP contribution in [0.4, 0.5) is 10.8 Å². The minimum absolute atomic E-state index is 0.117. The molecule has 0 aliphatic heterocycles. The molecule has 1 aromatic carbocycles. The van der Waals surface area contributed by atoms with Gasteiger partial charge in [-0.3, -0.25) is 14.8 Å². The number of amides is 1. The summed E-state index contributed by atoms with van der Waals surface area (Å²) in [6.07, 6.45) is 7.60. The molecule has 9 heteroatoms. The molecule has 1 N–H and O–H groups in total. The lowest BCUT2D eigenvalue weighted by atomic mass is 10.0. The first-order valence-electron chi connectivity index (χ1n) is 11.0. The monoisotopic (exact) mass is 489 g/mol. The number of thiazole rings is 1. The molecular formula is C23H28ClN5OS2. The number of thioether (sulfide) groups is 1. The van der Waals surface area contributed by atoms with Crippen LogP contribution in [-0.4, -0.2) is 26.1 Å². The smallest absolute Gasteiger partial charge is 0.230 e. The average molecular weight is 490 g/mol. The summed E-state index contributed by atoms with van der Waals surface area (Å²) in [5.41, 5.74) is 3.59. The summed E-state index contributed by atoms with van der Waals surface area (Å²) in [7, 11) is 0. The Morgan fingerprint density at radius 2 is 2.06 bits per heavy atom. The molecule has 170 valence electrons. The number of aromatic nitrogens is 4. The summed E-state index contributed by atoms with van der Waals surface area (Å²) in [4.78, 5) is 23.4. The molecule has 32 heavy (non-hydrogen) atoms. The predicted molar refractivity (Wildman–Crippen MR) is 132 cm³/mol. The first-order chi connectivity index (χ1) is 15.4. The number of benzene rings is 1. The van der Waals surface area contributed by atoms with Crippen LogP contribution in [0.15, 0.2) is 22.7 Å². The van der Waals surface area contributed by atoms with Crippen LogP contribution in [0, 0.1) is 19.8 Å². The number of anilines is 2. The van der Waals surface area contributed by atoms with Crippen molar-refractivity contribution in [3.05, 3.63) is 45.2 Å². The van der Waals surface area contributed by atoms with E-state index in [1.54, 1.807) is 16.7 Å². The number of halogens is 1. The number of carbonyl (C=O) groups is 1. The van der Waals surface area contributed by atoms with Crippen LogP contribution in [0.1, 0.15) is 61.7 Å². The van der Waals surface area contributed by atoms with Crippen molar-refractivity contribution < 1.29 is 4.79 Å². The summed E-state index contributed by atoms with van der Waals surface area (Å²) >= 11 is 9.49. The molecule has 1 aliphatic rings. The molecule has 1 fully saturated rings. The molecule has 3 aromatic rings.